The first kappa shape index (κ1) is 21.4. The fourth-order valence-electron chi connectivity index (χ4n) is 3.37. The number of hydrazone groups is 1. The number of esters is 1. The van der Waals surface area contributed by atoms with E-state index in [1.165, 1.54) is 25.8 Å². The number of carbonyl (C=O) groups excluding carboxylic acids is 2. The molecule has 8 nitrogen and oxygen atoms in total. The number of hydrogen-bond donors (Lipinski definition) is 1. The molecule has 4 rings (SSSR count). The van der Waals surface area contributed by atoms with Gasteiger partial charge in [-0.3, -0.25) is 19.9 Å². The SMILES string of the molecule is CCSC1=NN2C(=c3ccccc3=N[C@@H]2c2cc(OC)c(OC(C)=O)cc2Br)C(=O)N1. The van der Waals surface area contributed by atoms with Gasteiger partial charge in [0, 0.05) is 22.2 Å². The summed E-state index contributed by atoms with van der Waals surface area (Å²) < 4.78 is 11.3. The van der Waals surface area contributed by atoms with Gasteiger partial charge in [0.2, 0.25) is 0 Å². The zero-order valence-electron chi connectivity index (χ0n) is 17.0. The second-order valence-electron chi connectivity index (χ2n) is 6.62. The van der Waals surface area contributed by atoms with Crippen molar-refractivity contribution in [3.63, 3.8) is 0 Å². The minimum atomic E-state index is -0.627. The Morgan fingerprint density at radius 2 is 2.06 bits per heavy atom. The number of amidine groups is 1. The normalized spacial score (nSPS) is 17.1. The Kier molecular flexibility index (Phi) is 6.01. The number of ether oxygens (including phenoxy) is 2. The van der Waals surface area contributed by atoms with Crippen molar-refractivity contribution in [1.82, 2.24) is 10.3 Å². The molecule has 0 saturated heterocycles. The zero-order valence-corrected chi connectivity index (χ0v) is 19.4. The summed E-state index contributed by atoms with van der Waals surface area (Å²) in [5.41, 5.74) is 1.13. The first-order chi connectivity index (χ1) is 14.9. The van der Waals surface area contributed by atoms with Gasteiger partial charge in [0.05, 0.1) is 12.5 Å². The summed E-state index contributed by atoms with van der Waals surface area (Å²) in [7, 11) is 1.49. The van der Waals surface area contributed by atoms with E-state index in [1.807, 2.05) is 31.2 Å². The molecule has 160 valence electrons. The van der Waals surface area contributed by atoms with E-state index in [1.54, 1.807) is 17.1 Å². The molecule has 1 N–H and O–H groups in total. The van der Waals surface area contributed by atoms with Crippen LogP contribution in [0.1, 0.15) is 25.6 Å². The molecule has 0 fully saturated rings. The molecule has 0 aromatic heterocycles. The van der Waals surface area contributed by atoms with Gasteiger partial charge in [0.15, 0.2) is 22.8 Å². The molecule has 0 spiro atoms. The quantitative estimate of drug-likeness (QED) is 0.509. The van der Waals surface area contributed by atoms with Gasteiger partial charge in [0.25, 0.3) is 5.91 Å². The van der Waals surface area contributed by atoms with Crippen LogP contribution in [0.25, 0.3) is 5.70 Å². The highest BCUT2D eigenvalue weighted by molar-refractivity contribution is 9.10. The van der Waals surface area contributed by atoms with Crippen LogP contribution in [0.3, 0.4) is 0 Å². The number of methoxy groups -OCH3 is 1. The highest BCUT2D eigenvalue weighted by Crippen LogP contribution is 2.40. The number of carbonyl (C=O) groups is 2. The van der Waals surface area contributed by atoms with Crippen LogP contribution >= 0.6 is 27.7 Å². The average Bonchev–Trinajstić information content (AvgIpc) is 2.73. The summed E-state index contributed by atoms with van der Waals surface area (Å²) in [4.78, 5) is 29.3. The Morgan fingerprint density at radius 1 is 1.29 bits per heavy atom. The van der Waals surface area contributed by atoms with Crippen molar-refractivity contribution in [2.45, 2.75) is 20.0 Å². The smallest absolute Gasteiger partial charge is 0.308 e. The van der Waals surface area contributed by atoms with Crippen molar-refractivity contribution in [2.75, 3.05) is 12.9 Å². The number of nitrogens with one attached hydrogen (secondary N) is 1. The molecule has 0 saturated carbocycles. The largest absolute Gasteiger partial charge is 0.493 e. The first-order valence-corrected chi connectivity index (χ1v) is 11.3. The molecule has 2 heterocycles. The molecule has 31 heavy (non-hydrogen) atoms. The van der Waals surface area contributed by atoms with E-state index in [0.29, 0.717) is 37.2 Å². The lowest BCUT2D eigenvalue weighted by Crippen LogP contribution is -2.50. The van der Waals surface area contributed by atoms with E-state index in [2.05, 4.69) is 26.3 Å². The third-order valence-electron chi connectivity index (χ3n) is 4.61. The van der Waals surface area contributed by atoms with Gasteiger partial charge in [-0.15, -0.1) is 5.10 Å². The first-order valence-electron chi connectivity index (χ1n) is 9.48. The molecular weight excluding hydrogens is 484 g/mol. The molecule has 2 aromatic carbocycles. The van der Waals surface area contributed by atoms with E-state index < -0.39 is 12.1 Å². The summed E-state index contributed by atoms with van der Waals surface area (Å²) in [6, 6.07) is 10.8. The van der Waals surface area contributed by atoms with E-state index in [-0.39, 0.29) is 11.7 Å². The summed E-state index contributed by atoms with van der Waals surface area (Å²) in [6.07, 6.45) is -0.627. The topological polar surface area (TPSA) is 92.6 Å². The van der Waals surface area contributed by atoms with Crippen LogP contribution in [-0.2, 0) is 9.59 Å². The van der Waals surface area contributed by atoms with Crippen LogP contribution in [-0.4, -0.2) is 34.9 Å². The van der Waals surface area contributed by atoms with Gasteiger partial charge in [-0.05, 0) is 24.0 Å². The number of amides is 1. The fourth-order valence-corrected chi connectivity index (χ4v) is 4.49. The number of para-hydroxylation sites is 1. The van der Waals surface area contributed by atoms with Gasteiger partial charge in [-0.2, -0.15) is 0 Å². The highest BCUT2D eigenvalue weighted by Gasteiger charge is 2.35. The van der Waals surface area contributed by atoms with E-state index in [4.69, 9.17) is 14.5 Å². The zero-order chi connectivity index (χ0) is 22.1. The van der Waals surface area contributed by atoms with Gasteiger partial charge in [-0.1, -0.05) is 52.8 Å². The lowest BCUT2D eigenvalue weighted by atomic mass is 10.1. The second-order valence-corrected chi connectivity index (χ2v) is 8.73. The molecule has 2 aromatic rings. The monoisotopic (exact) mass is 502 g/mol. The Morgan fingerprint density at radius 3 is 2.77 bits per heavy atom. The summed E-state index contributed by atoms with van der Waals surface area (Å²) in [5.74, 6) is 0.724. The third-order valence-corrected chi connectivity index (χ3v) is 6.04. The molecule has 2 aliphatic rings. The second kappa shape index (κ2) is 8.72. The van der Waals surface area contributed by atoms with Crippen LogP contribution in [0.15, 0.2) is 51.0 Å². The fraction of sp³-hybridized carbons (Fsp3) is 0.238. The Balaban J connectivity index is 1.92. The Bertz CT molecular complexity index is 1230. The predicted molar refractivity (Wildman–Crippen MR) is 121 cm³/mol. The average molecular weight is 503 g/mol. The summed E-state index contributed by atoms with van der Waals surface area (Å²) in [6.45, 7) is 3.31. The number of fused-ring (bicyclic) bond motifs is 2. The molecule has 1 amide bonds. The van der Waals surface area contributed by atoms with Crippen LogP contribution < -0.4 is 25.4 Å². The number of thioether (sulfide) groups is 1. The van der Waals surface area contributed by atoms with Crippen molar-refractivity contribution in [3.05, 3.63) is 57.0 Å². The van der Waals surface area contributed by atoms with Crippen LogP contribution in [0, 0.1) is 0 Å². The van der Waals surface area contributed by atoms with Crippen LogP contribution in [0.4, 0.5) is 0 Å². The minimum Gasteiger partial charge on any atom is -0.493 e. The molecule has 0 bridgehead atoms. The molecule has 1 atom stereocenters. The molecule has 0 aliphatic carbocycles. The van der Waals surface area contributed by atoms with E-state index in [9.17, 15) is 9.59 Å². The number of halogens is 1. The third kappa shape index (κ3) is 4.05. The summed E-state index contributed by atoms with van der Waals surface area (Å²) >= 11 is 5.00. The Hall–Kier alpha value is -2.85. The maximum Gasteiger partial charge on any atom is 0.308 e. The molecule has 2 aliphatic heterocycles. The van der Waals surface area contributed by atoms with E-state index in [0.717, 1.165) is 5.75 Å². The van der Waals surface area contributed by atoms with Crippen LogP contribution in [0.2, 0.25) is 0 Å². The molecule has 0 radical (unpaired) electrons. The minimum absolute atomic E-state index is 0.238. The Labute approximate surface area is 191 Å². The van der Waals surface area contributed by atoms with Crippen LogP contribution in [0.5, 0.6) is 11.5 Å². The van der Waals surface area contributed by atoms with Gasteiger partial charge < -0.3 is 9.47 Å². The van der Waals surface area contributed by atoms with Gasteiger partial charge in [0.1, 0.15) is 5.70 Å². The van der Waals surface area contributed by atoms with Crippen molar-refractivity contribution in [3.8, 4) is 11.5 Å². The summed E-state index contributed by atoms with van der Waals surface area (Å²) in [5, 5.41) is 11.1. The van der Waals surface area contributed by atoms with Crippen molar-refractivity contribution >= 4 is 50.4 Å². The maximum absolute atomic E-state index is 13.0. The highest BCUT2D eigenvalue weighted by atomic mass is 79.9. The number of rotatable bonds is 4. The number of hydrogen-bond acceptors (Lipinski definition) is 8. The lowest BCUT2D eigenvalue weighted by Gasteiger charge is -2.34. The number of nitrogens with zero attached hydrogens (tertiary/aromatic N) is 3. The molecular formula is C21H19BrN4O4S. The predicted octanol–water partition coefficient (Wildman–Crippen LogP) is 2.28. The van der Waals surface area contributed by atoms with Crippen molar-refractivity contribution in [1.29, 1.82) is 0 Å². The van der Waals surface area contributed by atoms with Gasteiger partial charge in [-0.25, -0.2) is 5.01 Å². The molecule has 10 heteroatoms. The lowest BCUT2D eigenvalue weighted by molar-refractivity contribution is -0.132. The molecule has 0 unspecified atom stereocenters. The van der Waals surface area contributed by atoms with E-state index >= 15 is 0 Å². The van der Waals surface area contributed by atoms with Crippen molar-refractivity contribution < 1.29 is 19.1 Å². The number of benzene rings is 2. The maximum atomic E-state index is 13.0. The van der Waals surface area contributed by atoms with Gasteiger partial charge >= 0.3 is 5.97 Å². The standard InChI is InChI=1S/C21H19BrN4O4S/c1-4-31-21-24-20(28)18-12-7-5-6-8-15(12)23-19(26(18)25-21)13-9-16(29-3)17(10-14(13)22)30-11(2)27/h5-10,19H,4H2,1-3H3,(H,24,25,28)/t19-/m0/s1. The van der Waals surface area contributed by atoms with Crippen molar-refractivity contribution in [2.24, 2.45) is 10.1 Å².